The van der Waals surface area contributed by atoms with Gasteiger partial charge in [0, 0.05) is 29.2 Å². The van der Waals surface area contributed by atoms with Crippen molar-refractivity contribution in [1.82, 2.24) is 24.7 Å². The zero-order chi connectivity index (χ0) is 25.1. The summed E-state index contributed by atoms with van der Waals surface area (Å²) in [5.74, 6) is 0.896. The second-order valence-electron chi connectivity index (χ2n) is 9.71. The minimum absolute atomic E-state index is 0.0256. The van der Waals surface area contributed by atoms with Crippen molar-refractivity contribution in [2.75, 3.05) is 18.4 Å². The molecule has 10 heteroatoms. The van der Waals surface area contributed by atoms with Crippen molar-refractivity contribution >= 4 is 46.2 Å². The molecule has 2 aliphatic heterocycles. The van der Waals surface area contributed by atoms with Crippen LogP contribution in [0.15, 0.2) is 30.5 Å². The molecule has 1 aromatic heterocycles. The molecule has 0 radical (unpaired) electrons. The summed E-state index contributed by atoms with van der Waals surface area (Å²) in [6.45, 7) is 7.61. The van der Waals surface area contributed by atoms with Gasteiger partial charge in [0.15, 0.2) is 0 Å². The number of aromatic nitrogens is 2. The SMILES string of the molecule is Cc1ncc2n1C(=O)N(C1CCN(C(=O)[C@@H](CC(C)C)NC(=O)Nc3ccc(CI)cc3)CC1)C2. The number of likely N-dealkylation sites (tertiary alicyclic amines) is 1. The Labute approximate surface area is 219 Å². The lowest BCUT2D eigenvalue weighted by Gasteiger charge is -2.38. The van der Waals surface area contributed by atoms with Gasteiger partial charge in [-0.3, -0.25) is 9.36 Å². The predicted octanol–water partition coefficient (Wildman–Crippen LogP) is 4.14. The molecule has 1 saturated heterocycles. The van der Waals surface area contributed by atoms with Gasteiger partial charge in [-0.05, 0) is 49.8 Å². The van der Waals surface area contributed by atoms with Crippen LogP contribution in [0.25, 0.3) is 0 Å². The van der Waals surface area contributed by atoms with Crippen LogP contribution in [-0.2, 0) is 15.8 Å². The highest BCUT2D eigenvalue weighted by molar-refractivity contribution is 14.1. The summed E-state index contributed by atoms with van der Waals surface area (Å²) in [6.07, 6.45) is 3.76. The number of urea groups is 1. The molecule has 0 unspecified atom stereocenters. The van der Waals surface area contributed by atoms with E-state index in [1.54, 1.807) is 10.8 Å². The van der Waals surface area contributed by atoms with Crippen molar-refractivity contribution in [1.29, 1.82) is 0 Å². The van der Waals surface area contributed by atoms with Crippen LogP contribution < -0.4 is 10.6 Å². The van der Waals surface area contributed by atoms with Crippen LogP contribution in [-0.4, -0.2) is 62.5 Å². The number of benzene rings is 1. The Morgan fingerprint density at radius 2 is 1.86 bits per heavy atom. The molecule has 1 atom stereocenters. The van der Waals surface area contributed by atoms with E-state index < -0.39 is 6.04 Å². The molecular formula is C25H33IN6O3. The number of carbonyl (C=O) groups is 3. The van der Waals surface area contributed by atoms with Crippen LogP contribution >= 0.6 is 22.6 Å². The number of hydrogen-bond acceptors (Lipinski definition) is 4. The Bertz CT molecular complexity index is 1080. The molecule has 0 saturated carbocycles. The lowest BCUT2D eigenvalue weighted by atomic mass is 9.99. The molecule has 2 aromatic rings. The van der Waals surface area contributed by atoms with E-state index in [9.17, 15) is 14.4 Å². The van der Waals surface area contributed by atoms with Gasteiger partial charge < -0.3 is 20.4 Å². The van der Waals surface area contributed by atoms with Crippen molar-refractivity contribution in [3.8, 4) is 0 Å². The smallest absolute Gasteiger partial charge is 0.330 e. The molecule has 2 N–H and O–H groups in total. The maximum atomic E-state index is 13.4. The normalized spacial score (nSPS) is 17.0. The van der Waals surface area contributed by atoms with Crippen LogP contribution in [0, 0.1) is 12.8 Å². The number of piperidine rings is 1. The minimum atomic E-state index is -0.594. The van der Waals surface area contributed by atoms with Crippen molar-refractivity contribution < 1.29 is 14.4 Å². The highest BCUT2D eigenvalue weighted by atomic mass is 127. The minimum Gasteiger partial charge on any atom is -0.341 e. The summed E-state index contributed by atoms with van der Waals surface area (Å²) >= 11 is 2.30. The van der Waals surface area contributed by atoms with Crippen molar-refractivity contribution in [2.24, 2.45) is 5.92 Å². The first-order valence-corrected chi connectivity index (χ1v) is 13.6. The first-order chi connectivity index (χ1) is 16.8. The number of imidazole rings is 1. The van der Waals surface area contributed by atoms with Gasteiger partial charge in [-0.2, -0.15) is 0 Å². The standard InChI is InChI=1S/C25H33IN6O3/c1-16(2)12-22(29-24(34)28-19-6-4-18(13-26)5-7-19)23(33)30-10-8-20(9-11-30)31-15-21-14-27-17(3)32(21)25(31)35/h4-7,14,16,20,22H,8-13,15H2,1-3H3,(H2,28,29,34)/t22-/m1/s1. The lowest BCUT2D eigenvalue weighted by molar-refractivity contribution is -0.135. The number of halogens is 1. The summed E-state index contributed by atoms with van der Waals surface area (Å²) < 4.78 is 2.58. The van der Waals surface area contributed by atoms with E-state index in [0.29, 0.717) is 37.6 Å². The second-order valence-corrected chi connectivity index (χ2v) is 10.5. The third-order valence-corrected chi connectivity index (χ3v) is 7.55. The van der Waals surface area contributed by atoms with Crippen LogP contribution in [0.2, 0.25) is 0 Å². The molecule has 1 fully saturated rings. The van der Waals surface area contributed by atoms with Crippen molar-refractivity contribution in [2.45, 2.75) is 63.1 Å². The van der Waals surface area contributed by atoms with Crippen LogP contribution in [0.1, 0.15) is 50.2 Å². The topological polar surface area (TPSA) is 99.6 Å². The number of fused-ring (bicyclic) bond motifs is 1. The monoisotopic (exact) mass is 592 g/mol. The summed E-state index contributed by atoms with van der Waals surface area (Å²) in [6, 6.07) is 6.78. The van der Waals surface area contributed by atoms with Gasteiger partial charge in [0.05, 0.1) is 18.4 Å². The average molecular weight is 592 g/mol. The van der Waals surface area contributed by atoms with Crippen LogP contribution in [0.5, 0.6) is 0 Å². The molecule has 0 spiro atoms. The summed E-state index contributed by atoms with van der Waals surface area (Å²) in [7, 11) is 0. The Hall–Kier alpha value is -2.63. The Morgan fingerprint density at radius 1 is 1.17 bits per heavy atom. The van der Waals surface area contributed by atoms with Gasteiger partial charge in [0.2, 0.25) is 5.91 Å². The van der Waals surface area contributed by atoms with Crippen molar-refractivity contribution in [3.63, 3.8) is 0 Å². The number of carbonyl (C=O) groups excluding carboxylic acids is 3. The molecule has 9 nitrogen and oxygen atoms in total. The Balaban J connectivity index is 1.33. The molecule has 188 valence electrons. The van der Waals surface area contributed by atoms with E-state index in [-0.39, 0.29) is 29.9 Å². The third-order valence-electron chi connectivity index (χ3n) is 6.67. The quantitative estimate of drug-likeness (QED) is 0.373. The van der Waals surface area contributed by atoms with E-state index in [1.807, 2.05) is 54.8 Å². The van der Waals surface area contributed by atoms with E-state index in [2.05, 4.69) is 38.2 Å². The molecule has 1 aromatic carbocycles. The van der Waals surface area contributed by atoms with Gasteiger partial charge in [0.1, 0.15) is 11.9 Å². The van der Waals surface area contributed by atoms with Crippen LogP contribution in [0.4, 0.5) is 15.3 Å². The maximum absolute atomic E-state index is 13.4. The summed E-state index contributed by atoms with van der Waals surface area (Å²) in [5, 5.41) is 5.73. The van der Waals surface area contributed by atoms with E-state index in [1.165, 1.54) is 5.56 Å². The summed E-state index contributed by atoms with van der Waals surface area (Å²) in [5.41, 5.74) is 2.80. The average Bonchev–Trinajstić information content (AvgIpc) is 3.37. The maximum Gasteiger partial charge on any atom is 0.330 e. The zero-order valence-corrected chi connectivity index (χ0v) is 22.6. The number of hydrogen-bond donors (Lipinski definition) is 2. The highest BCUT2D eigenvalue weighted by Crippen LogP contribution is 2.26. The molecular weight excluding hydrogens is 559 g/mol. The van der Waals surface area contributed by atoms with Crippen molar-refractivity contribution in [3.05, 3.63) is 47.5 Å². The molecule has 0 bridgehead atoms. The molecule has 4 rings (SSSR count). The van der Waals surface area contributed by atoms with E-state index >= 15 is 0 Å². The van der Waals surface area contributed by atoms with Gasteiger partial charge in [-0.1, -0.05) is 48.6 Å². The fourth-order valence-corrected chi connectivity index (χ4v) is 5.34. The lowest BCUT2D eigenvalue weighted by Crippen LogP contribution is -2.54. The Kier molecular flexibility index (Phi) is 7.98. The fourth-order valence-electron chi connectivity index (χ4n) is 4.83. The number of rotatable bonds is 7. The highest BCUT2D eigenvalue weighted by Gasteiger charge is 2.37. The number of anilines is 1. The molecule has 2 aliphatic rings. The molecule has 0 aliphatic carbocycles. The second kappa shape index (κ2) is 11.0. The number of amides is 4. The van der Waals surface area contributed by atoms with Gasteiger partial charge in [0.25, 0.3) is 0 Å². The van der Waals surface area contributed by atoms with Gasteiger partial charge in [-0.25, -0.2) is 14.6 Å². The first kappa shape index (κ1) is 25.5. The number of nitrogens with one attached hydrogen (secondary N) is 2. The van der Waals surface area contributed by atoms with Gasteiger partial charge in [-0.15, -0.1) is 0 Å². The van der Waals surface area contributed by atoms with E-state index in [0.717, 1.165) is 23.0 Å². The molecule has 4 amide bonds. The third kappa shape index (κ3) is 5.79. The van der Waals surface area contributed by atoms with Crippen LogP contribution in [0.3, 0.4) is 0 Å². The largest absolute Gasteiger partial charge is 0.341 e. The summed E-state index contributed by atoms with van der Waals surface area (Å²) in [4.78, 5) is 46.8. The fraction of sp³-hybridized carbons (Fsp3) is 0.520. The number of aryl methyl sites for hydroxylation is 1. The number of nitrogens with zero attached hydrogens (tertiary/aromatic N) is 4. The molecule has 35 heavy (non-hydrogen) atoms. The van der Waals surface area contributed by atoms with Gasteiger partial charge >= 0.3 is 12.1 Å². The molecule has 3 heterocycles. The predicted molar refractivity (Wildman–Crippen MR) is 142 cm³/mol. The zero-order valence-electron chi connectivity index (χ0n) is 20.5. The number of alkyl halides is 1. The first-order valence-electron chi connectivity index (χ1n) is 12.1. The van der Waals surface area contributed by atoms with E-state index in [4.69, 9.17) is 0 Å². The Morgan fingerprint density at radius 3 is 2.46 bits per heavy atom.